The molecule has 0 aliphatic carbocycles. The first-order valence-electron chi connectivity index (χ1n) is 7.41. The Hall–Kier alpha value is -1.32. The van der Waals surface area contributed by atoms with Crippen LogP contribution in [0.25, 0.3) is 0 Å². The van der Waals surface area contributed by atoms with Gasteiger partial charge < -0.3 is 10.6 Å². The number of benzene rings is 2. The van der Waals surface area contributed by atoms with Crippen molar-refractivity contribution in [2.24, 2.45) is 5.73 Å². The molecule has 0 bridgehead atoms. The highest BCUT2D eigenvalue weighted by molar-refractivity contribution is 9.10. The fraction of sp³-hybridized carbons (Fsp3) is 0.333. The van der Waals surface area contributed by atoms with Gasteiger partial charge in [-0.15, -0.1) is 0 Å². The summed E-state index contributed by atoms with van der Waals surface area (Å²) in [5.74, 6) is 0. The first kappa shape index (κ1) is 16.1. The maximum atomic E-state index is 5.77. The molecule has 0 aliphatic rings. The summed E-state index contributed by atoms with van der Waals surface area (Å²) < 4.78 is 1.11. The molecule has 0 heterocycles. The zero-order chi connectivity index (χ0) is 15.2. The quantitative estimate of drug-likeness (QED) is 0.841. The molecule has 2 aromatic carbocycles. The molecule has 0 radical (unpaired) electrons. The van der Waals surface area contributed by atoms with Crippen molar-refractivity contribution >= 4 is 21.6 Å². The lowest BCUT2D eigenvalue weighted by atomic mass is 10.1. The van der Waals surface area contributed by atoms with Gasteiger partial charge in [-0.3, -0.25) is 0 Å². The second-order valence-electron chi connectivity index (χ2n) is 5.52. The normalized spacial score (nSPS) is 10.9. The molecule has 112 valence electrons. The Morgan fingerprint density at radius 3 is 2.43 bits per heavy atom. The molecule has 0 amide bonds. The Morgan fingerprint density at radius 1 is 1.10 bits per heavy atom. The number of hydrogen-bond acceptors (Lipinski definition) is 2. The van der Waals surface area contributed by atoms with E-state index in [0.29, 0.717) is 12.6 Å². The van der Waals surface area contributed by atoms with Crippen LogP contribution in [0.1, 0.15) is 25.0 Å². The second-order valence-corrected chi connectivity index (χ2v) is 6.43. The number of nitrogens with two attached hydrogens (primary N) is 1. The molecule has 2 rings (SSSR count). The molecule has 21 heavy (non-hydrogen) atoms. The average Bonchev–Trinajstić information content (AvgIpc) is 2.47. The van der Waals surface area contributed by atoms with Gasteiger partial charge in [-0.05, 0) is 56.1 Å². The summed E-state index contributed by atoms with van der Waals surface area (Å²) in [6.07, 6.45) is 0.896. The van der Waals surface area contributed by atoms with Crippen LogP contribution < -0.4 is 10.6 Å². The minimum absolute atomic E-state index is 0.433. The zero-order valence-electron chi connectivity index (χ0n) is 12.7. The summed E-state index contributed by atoms with van der Waals surface area (Å²) in [5, 5.41) is 0. The predicted octanol–water partition coefficient (Wildman–Crippen LogP) is 4.37. The van der Waals surface area contributed by atoms with Crippen molar-refractivity contribution in [1.29, 1.82) is 0 Å². The molecule has 0 fully saturated rings. The summed E-state index contributed by atoms with van der Waals surface area (Å²) in [7, 11) is 0. The Kier molecular flexibility index (Phi) is 5.83. The number of halogens is 1. The first-order valence-corrected chi connectivity index (χ1v) is 8.20. The second kappa shape index (κ2) is 7.62. The van der Waals surface area contributed by atoms with Crippen LogP contribution >= 0.6 is 15.9 Å². The molecule has 0 aromatic heterocycles. The molecular weight excluding hydrogens is 324 g/mol. The van der Waals surface area contributed by atoms with Gasteiger partial charge >= 0.3 is 0 Å². The van der Waals surface area contributed by atoms with Crippen LogP contribution in [0, 0.1) is 0 Å². The van der Waals surface area contributed by atoms with Crippen LogP contribution in [0.15, 0.2) is 53.0 Å². The Labute approximate surface area is 136 Å². The van der Waals surface area contributed by atoms with Crippen LogP contribution in [0.5, 0.6) is 0 Å². The number of rotatable bonds is 6. The Morgan fingerprint density at radius 2 is 1.81 bits per heavy atom. The molecule has 3 heteroatoms. The lowest BCUT2D eigenvalue weighted by molar-refractivity contribution is 0.678. The van der Waals surface area contributed by atoms with E-state index in [4.69, 9.17) is 5.73 Å². The summed E-state index contributed by atoms with van der Waals surface area (Å²) >= 11 is 3.56. The Bertz CT molecular complexity index is 567. The van der Waals surface area contributed by atoms with Gasteiger partial charge in [0.15, 0.2) is 0 Å². The van der Waals surface area contributed by atoms with Gasteiger partial charge in [-0.1, -0.05) is 46.3 Å². The van der Waals surface area contributed by atoms with Crippen molar-refractivity contribution in [2.75, 3.05) is 11.4 Å². The van der Waals surface area contributed by atoms with Crippen LogP contribution in [-0.4, -0.2) is 12.6 Å². The van der Waals surface area contributed by atoms with E-state index >= 15 is 0 Å². The maximum Gasteiger partial charge on any atom is 0.0432 e. The van der Waals surface area contributed by atoms with Crippen LogP contribution in [-0.2, 0) is 13.0 Å². The van der Waals surface area contributed by atoms with Crippen molar-refractivity contribution in [3.63, 3.8) is 0 Å². The van der Waals surface area contributed by atoms with E-state index < -0.39 is 0 Å². The third-order valence-electron chi connectivity index (χ3n) is 3.58. The fourth-order valence-electron chi connectivity index (χ4n) is 2.52. The van der Waals surface area contributed by atoms with Crippen LogP contribution in [0.4, 0.5) is 5.69 Å². The SMILES string of the molecule is CC(C)N(Cc1ccccc1)c1ccc(Br)cc1CCN. The predicted molar refractivity (Wildman–Crippen MR) is 94.7 cm³/mol. The Balaban J connectivity index is 2.34. The molecule has 2 aromatic rings. The van der Waals surface area contributed by atoms with Gasteiger partial charge in [0.1, 0.15) is 0 Å². The molecule has 0 atom stereocenters. The molecule has 0 saturated carbocycles. The van der Waals surface area contributed by atoms with E-state index in [2.05, 4.69) is 83.2 Å². The monoisotopic (exact) mass is 346 g/mol. The largest absolute Gasteiger partial charge is 0.365 e. The highest BCUT2D eigenvalue weighted by Crippen LogP contribution is 2.28. The number of nitrogens with zero attached hydrogens (tertiary/aromatic N) is 1. The van der Waals surface area contributed by atoms with Gasteiger partial charge in [0.05, 0.1) is 0 Å². The van der Waals surface area contributed by atoms with Crippen molar-refractivity contribution in [3.8, 4) is 0 Å². The van der Waals surface area contributed by atoms with E-state index in [0.717, 1.165) is 17.4 Å². The lowest BCUT2D eigenvalue weighted by Gasteiger charge is -2.31. The van der Waals surface area contributed by atoms with E-state index in [-0.39, 0.29) is 0 Å². The zero-order valence-corrected chi connectivity index (χ0v) is 14.3. The number of anilines is 1. The molecule has 0 spiro atoms. The van der Waals surface area contributed by atoms with E-state index in [1.54, 1.807) is 0 Å². The van der Waals surface area contributed by atoms with E-state index in [9.17, 15) is 0 Å². The lowest BCUT2D eigenvalue weighted by Crippen LogP contribution is -2.31. The van der Waals surface area contributed by atoms with Crippen LogP contribution in [0.3, 0.4) is 0 Å². The van der Waals surface area contributed by atoms with E-state index in [1.165, 1.54) is 16.8 Å². The number of hydrogen-bond donors (Lipinski definition) is 1. The van der Waals surface area contributed by atoms with Gasteiger partial charge in [0, 0.05) is 22.7 Å². The maximum absolute atomic E-state index is 5.77. The van der Waals surface area contributed by atoms with Crippen molar-refractivity contribution in [1.82, 2.24) is 0 Å². The van der Waals surface area contributed by atoms with Crippen molar-refractivity contribution in [2.45, 2.75) is 32.9 Å². The third kappa shape index (κ3) is 4.32. The highest BCUT2D eigenvalue weighted by atomic mass is 79.9. The van der Waals surface area contributed by atoms with Gasteiger partial charge in [-0.25, -0.2) is 0 Å². The highest BCUT2D eigenvalue weighted by Gasteiger charge is 2.15. The molecular formula is C18H23BrN2. The average molecular weight is 347 g/mol. The summed E-state index contributed by atoms with van der Waals surface area (Å²) in [4.78, 5) is 2.44. The standard InChI is InChI=1S/C18H23BrN2/c1-14(2)21(13-15-6-4-3-5-7-15)18-9-8-17(19)12-16(18)10-11-20/h3-9,12,14H,10-11,13,20H2,1-2H3. The fourth-order valence-corrected chi connectivity index (χ4v) is 2.92. The van der Waals surface area contributed by atoms with Crippen molar-refractivity contribution < 1.29 is 0 Å². The molecule has 0 unspecified atom stereocenters. The molecule has 2 N–H and O–H groups in total. The van der Waals surface area contributed by atoms with Gasteiger partial charge in [0.25, 0.3) is 0 Å². The molecule has 2 nitrogen and oxygen atoms in total. The summed E-state index contributed by atoms with van der Waals surface area (Å²) in [6, 6.07) is 17.5. The minimum atomic E-state index is 0.433. The smallest absolute Gasteiger partial charge is 0.0432 e. The van der Waals surface area contributed by atoms with Gasteiger partial charge in [0.2, 0.25) is 0 Å². The van der Waals surface area contributed by atoms with Gasteiger partial charge in [-0.2, -0.15) is 0 Å². The van der Waals surface area contributed by atoms with Crippen LogP contribution in [0.2, 0.25) is 0 Å². The van der Waals surface area contributed by atoms with Crippen molar-refractivity contribution in [3.05, 3.63) is 64.1 Å². The minimum Gasteiger partial charge on any atom is -0.365 e. The topological polar surface area (TPSA) is 29.3 Å². The molecule has 0 saturated heterocycles. The summed E-state index contributed by atoms with van der Waals surface area (Å²) in [6.45, 7) is 6.05. The summed E-state index contributed by atoms with van der Waals surface area (Å²) in [5.41, 5.74) is 9.68. The molecule has 0 aliphatic heterocycles. The third-order valence-corrected chi connectivity index (χ3v) is 4.08. The van der Waals surface area contributed by atoms with E-state index in [1.807, 2.05) is 0 Å². The first-order chi connectivity index (χ1) is 10.1.